The fraction of sp³-hybridized carbons (Fsp3) is 0.600. The molecule has 17 heavy (non-hydrogen) atoms. The Balaban J connectivity index is 1.97. The smallest absolute Gasteiger partial charge is 0.0865 e. The second-order valence-corrected chi connectivity index (χ2v) is 4.81. The van der Waals surface area contributed by atoms with Crippen molar-refractivity contribution in [2.24, 2.45) is 5.92 Å². The van der Waals surface area contributed by atoms with Crippen LogP contribution in [0.5, 0.6) is 0 Å². The number of hydrogen-bond donors (Lipinski definition) is 1. The zero-order valence-electron chi connectivity index (χ0n) is 10.7. The molecule has 1 aliphatic rings. The van der Waals surface area contributed by atoms with E-state index in [4.69, 9.17) is 4.74 Å². The number of nitrogens with one attached hydrogen (secondary N) is 1. The van der Waals surface area contributed by atoms with E-state index < -0.39 is 0 Å². The molecule has 1 aliphatic heterocycles. The first kappa shape index (κ1) is 12.6. The van der Waals surface area contributed by atoms with Crippen LogP contribution in [0.25, 0.3) is 0 Å². The van der Waals surface area contributed by atoms with E-state index in [-0.39, 0.29) is 6.10 Å². The minimum Gasteiger partial charge on any atom is -0.373 e. The van der Waals surface area contributed by atoms with Crippen LogP contribution >= 0.6 is 0 Å². The zero-order valence-corrected chi connectivity index (χ0v) is 10.7. The van der Waals surface area contributed by atoms with Crippen molar-refractivity contribution in [2.75, 3.05) is 19.7 Å². The van der Waals surface area contributed by atoms with Gasteiger partial charge in [0.25, 0.3) is 0 Å². The molecule has 94 valence electrons. The van der Waals surface area contributed by atoms with Gasteiger partial charge < -0.3 is 10.1 Å². The summed E-state index contributed by atoms with van der Waals surface area (Å²) in [5, 5.41) is 3.52. The van der Waals surface area contributed by atoms with Crippen molar-refractivity contribution in [3.8, 4) is 0 Å². The van der Waals surface area contributed by atoms with E-state index in [9.17, 15) is 0 Å². The summed E-state index contributed by atoms with van der Waals surface area (Å²) < 4.78 is 5.97. The Bertz CT molecular complexity index is 312. The maximum absolute atomic E-state index is 5.97. The molecule has 0 radical (unpaired) electrons. The van der Waals surface area contributed by atoms with E-state index in [2.05, 4.69) is 42.6 Å². The summed E-state index contributed by atoms with van der Waals surface area (Å²) in [6.07, 6.45) is 3.95. The average Bonchev–Trinajstić information content (AvgIpc) is 2.41. The third kappa shape index (κ3) is 3.55. The zero-order chi connectivity index (χ0) is 11.9. The van der Waals surface area contributed by atoms with Gasteiger partial charge in [0.15, 0.2) is 0 Å². The van der Waals surface area contributed by atoms with Gasteiger partial charge in [0, 0.05) is 19.1 Å². The Kier molecular flexibility index (Phi) is 5.02. The molecule has 1 fully saturated rings. The van der Waals surface area contributed by atoms with Gasteiger partial charge >= 0.3 is 0 Å². The van der Waals surface area contributed by atoms with E-state index >= 15 is 0 Å². The van der Waals surface area contributed by atoms with Crippen molar-refractivity contribution in [1.82, 2.24) is 5.32 Å². The lowest BCUT2D eigenvalue weighted by atomic mass is 9.89. The van der Waals surface area contributed by atoms with Crippen molar-refractivity contribution in [3.63, 3.8) is 0 Å². The van der Waals surface area contributed by atoms with Gasteiger partial charge in [-0.1, -0.05) is 37.3 Å². The van der Waals surface area contributed by atoms with Crippen LogP contribution in [-0.4, -0.2) is 19.7 Å². The summed E-state index contributed by atoms with van der Waals surface area (Å²) in [6, 6.07) is 10.6. The third-order valence-corrected chi connectivity index (χ3v) is 3.41. The van der Waals surface area contributed by atoms with Gasteiger partial charge in [-0.15, -0.1) is 0 Å². The first-order valence-corrected chi connectivity index (χ1v) is 6.79. The third-order valence-electron chi connectivity index (χ3n) is 3.41. The Morgan fingerprint density at radius 3 is 2.88 bits per heavy atom. The highest BCUT2D eigenvalue weighted by molar-refractivity contribution is 5.18. The first-order valence-electron chi connectivity index (χ1n) is 6.79. The standard InChI is InChI=1S/C15H23NO/c1-2-10-16-12-14-9-6-11-17-15(14)13-7-4-3-5-8-13/h3-5,7-8,14-16H,2,6,9-12H2,1H3. The monoisotopic (exact) mass is 233 g/mol. The fourth-order valence-corrected chi connectivity index (χ4v) is 2.53. The van der Waals surface area contributed by atoms with E-state index in [0.717, 1.165) is 19.7 Å². The van der Waals surface area contributed by atoms with Gasteiger partial charge in [-0.05, 0) is 31.4 Å². The van der Waals surface area contributed by atoms with Crippen LogP contribution in [0.15, 0.2) is 30.3 Å². The summed E-state index contributed by atoms with van der Waals surface area (Å²) in [5.74, 6) is 0.623. The summed E-state index contributed by atoms with van der Waals surface area (Å²) in [7, 11) is 0. The normalized spacial score (nSPS) is 24.8. The molecule has 2 atom stereocenters. The van der Waals surface area contributed by atoms with Gasteiger partial charge in [-0.25, -0.2) is 0 Å². The molecule has 1 aromatic carbocycles. The molecule has 0 aromatic heterocycles. The Hall–Kier alpha value is -0.860. The lowest BCUT2D eigenvalue weighted by molar-refractivity contribution is -0.0277. The van der Waals surface area contributed by atoms with Crippen LogP contribution in [0.4, 0.5) is 0 Å². The maximum atomic E-state index is 5.97. The van der Waals surface area contributed by atoms with Gasteiger partial charge in [0.1, 0.15) is 0 Å². The van der Waals surface area contributed by atoms with E-state index in [0.29, 0.717) is 5.92 Å². The van der Waals surface area contributed by atoms with Crippen LogP contribution < -0.4 is 5.32 Å². The van der Waals surface area contributed by atoms with Crippen LogP contribution in [0.2, 0.25) is 0 Å². The molecule has 2 rings (SSSR count). The fourth-order valence-electron chi connectivity index (χ4n) is 2.53. The van der Waals surface area contributed by atoms with Crippen molar-refractivity contribution >= 4 is 0 Å². The van der Waals surface area contributed by atoms with Gasteiger partial charge in [-0.3, -0.25) is 0 Å². The molecule has 0 aliphatic carbocycles. The van der Waals surface area contributed by atoms with Crippen LogP contribution in [0.3, 0.4) is 0 Å². The molecule has 0 amide bonds. The molecule has 2 nitrogen and oxygen atoms in total. The minimum atomic E-state index is 0.286. The quantitative estimate of drug-likeness (QED) is 0.789. The average molecular weight is 233 g/mol. The molecule has 2 heteroatoms. The van der Waals surface area contributed by atoms with Crippen LogP contribution in [0.1, 0.15) is 37.9 Å². The van der Waals surface area contributed by atoms with E-state index in [1.165, 1.54) is 24.8 Å². The van der Waals surface area contributed by atoms with Crippen molar-refractivity contribution in [2.45, 2.75) is 32.3 Å². The summed E-state index contributed by atoms with van der Waals surface area (Å²) in [5.41, 5.74) is 1.33. The van der Waals surface area contributed by atoms with Crippen LogP contribution in [-0.2, 0) is 4.74 Å². The lowest BCUT2D eigenvalue weighted by Gasteiger charge is -2.32. The molecule has 0 bridgehead atoms. The number of rotatable bonds is 5. The van der Waals surface area contributed by atoms with E-state index in [1.54, 1.807) is 0 Å². The first-order chi connectivity index (χ1) is 8.42. The molecule has 1 heterocycles. The molecule has 2 unspecified atom stereocenters. The lowest BCUT2D eigenvalue weighted by Crippen LogP contribution is -2.32. The Morgan fingerprint density at radius 1 is 1.29 bits per heavy atom. The number of ether oxygens (including phenoxy) is 1. The topological polar surface area (TPSA) is 21.3 Å². The highest BCUT2D eigenvalue weighted by atomic mass is 16.5. The predicted molar refractivity (Wildman–Crippen MR) is 71.0 cm³/mol. The molecular formula is C15H23NO. The SMILES string of the molecule is CCCNCC1CCCOC1c1ccccc1. The van der Waals surface area contributed by atoms with Crippen LogP contribution in [0, 0.1) is 5.92 Å². The highest BCUT2D eigenvalue weighted by Crippen LogP contribution is 2.32. The Labute approximate surface area is 104 Å². The molecule has 0 saturated carbocycles. The highest BCUT2D eigenvalue weighted by Gasteiger charge is 2.26. The minimum absolute atomic E-state index is 0.286. The molecule has 0 spiro atoms. The predicted octanol–water partition coefficient (Wildman–Crippen LogP) is 3.15. The van der Waals surface area contributed by atoms with Gasteiger partial charge in [-0.2, -0.15) is 0 Å². The molecule has 1 N–H and O–H groups in total. The summed E-state index contributed by atoms with van der Waals surface area (Å²) in [6.45, 7) is 5.30. The molecule has 1 saturated heterocycles. The van der Waals surface area contributed by atoms with E-state index in [1.807, 2.05) is 0 Å². The van der Waals surface area contributed by atoms with Crippen molar-refractivity contribution < 1.29 is 4.74 Å². The second kappa shape index (κ2) is 6.77. The number of hydrogen-bond acceptors (Lipinski definition) is 2. The molecular weight excluding hydrogens is 210 g/mol. The Morgan fingerprint density at radius 2 is 2.12 bits per heavy atom. The molecule has 1 aromatic rings. The largest absolute Gasteiger partial charge is 0.373 e. The van der Waals surface area contributed by atoms with Gasteiger partial charge in [0.2, 0.25) is 0 Å². The van der Waals surface area contributed by atoms with Gasteiger partial charge in [0.05, 0.1) is 6.10 Å². The number of benzene rings is 1. The maximum Gasteiger partial charge on any atom is 0.0865 e. The summed E-state index contributed by atoms with van der Waals surface area (Å²) in [4.78, 5) is 0. The second-order valence-electron chi connectivity index (χ2n) is 4.81. The summed E-state index contributed by atoms with van der Waals surface area (Å²) >= 11 is 0. The van der Waals surface area contributed by atoms with Crippen molar-refractivity contribution in [1.29, 1.82) is 0 Å². The van der Waals surface area contributed by atoms with Crippen molar-refractivity contribution in [3.05, 3.63) is 35.9 Å².